The standard InChI is InChI=1S/C13H19NO.C11H15NO.2C9H19NO.2C8H17NO.C8H19N.3C7H15NO.C7H17N.2C6H13NO.C5H11NO.C5H13N.C4H9NO/c1-8(2)14-13(15)12-7-10(4)9(3)6-11(12)5;1-7-5-9(3)10(6-8(7)2)11(13)12-4;1-5-6-7-8(11)10-9(2,3)4;1-4-5-6-7-9(11)10-8(2)3;1-5-6-7(10)9-8(2,3)4;1-4-5-6-8(10)9-7(2)3;1-6-9(7-2)8(3,4)5;1-5-6(9)8-7(2,3)4;1-4-5-7(9)8-6(2)3;1-3-4-5-6-7(9)8-2;1-5-8(6-2)7(3)4;1-4-6(8)7-5(2)3;1-3-4-5-6(8)7-2;1-3-4-5(7)6-2;1-4-6(3)5-2;1-3-4(6)5-2/h6-8H,1-5H3,(H,14,15);5-6H,1-4H3,(H,12,13);5-7H2,1-4H3,(H,10,11);8H,4-7H2,1-3H3,(H,10,11);5-6H2,1-4H3,(H,9,10);7H,4-6H2,1-3H3,(H,9,10);6-7H2,1-5H3;5H2,1-4H3,(H,8,9);6H,4-5H2,1-3H3,(H,8,9);3-6H2,1-2H3,(H,8,9);7H,5-6H2,1-4H3;5H,4H2,1-3H3,(H,7,8);3-5H2,1-2H3,(H,7,8);3-4H2,1-2H3,(H,6,7);4-5H2,1-3H3;3H2,1-2H3,(H,5,6). The third-order valence-electron chi connectivity index (χ3n) is 20.3. The highest BCUT2D eigenvalue weighted by molar-refractivity contribution is 5.96. The molecule has 0 aliphatic rings. The molecule has 2 aromatic carbocycles. The van der Waals surface area contributed by atoms with Crippen molar-refractivity contribution in [2.75, 3.05) is 81.6 Å². The van der Waals surface area contributed by atoms with Crippen LogP contribution in [0, 0.1) is 41.5 Å². The van der Waals surface area contributed by atoms with Gasteiger partial charge in [-0.3, -0.25) is 67.2 Å². The normalized spacial score (nSPS) is 10.2. The summed E-state index contributed by atoms with van der Waals surface area (Å²) < 4.78 is 0. The van der Waals surface area contributed by atoms with Crippen molar-refractivity contribution in [3.63, 3.8) is 0 Å². The van der Waals surface area contributed by atoms with Crippen LogP contribution in [0.15, 0.2) is 24.3 Å². The molecule has 0 saturated heterocycles. The smallest absolute Gasteiger partial charge is 0.251 e. The van der Waals surface area contributed by atoms with Crippen LogP contribution in [0.25, 0.3) is 0 Å². The number of amides is 13. The Kier molecular flexibility index (Phi) is 128. The molecule has 0 heterocycles. The molecule has 13 amide bonds. The Morgan fingerprint density at radius 3 is 0.691 bits per heavy atom. The number of nitrogens with zero attached hydrogens (tertiary/aromatic N) is 3. The Balaban J connectivity index is -0.000000109. The van der Waals surface area contributed by atoms with Gasteiger partial charge in [-0.05, 0) is 351 Å². The second kappa shape index (κ2) is 112. The summed E-state index contributed by atoms with van der Waals surface area (Å²) in [5.41, 5.74) is 8.52. The van der Waals surface area contributed by atoms with Crippen molar-refractivity contribution in [2.24, 2.45) is 0 Å². The first-order valence-corrected chi connectivity index (χ1v) is 56.6. The zero-order valence-electron chi connectivity index (χ0n) is 107. The van der Waals surface area contributed by atoms with E-state index in [2.05, 4.69) is 222 Å². The van der Waals surface area contributed by atoms with E-state index in [9.17, 15) is 62.3 Å². The van der Waals surface area contributed by atoms with E-state index in [1.165, 1.54) is 37.1 Å². The Bertz CT molecular complexity index is 3570. The van der Waals surface area contributed by atoms with Crippen molar-refractivity contribution in [2.45, 2.75) is 551 Å². The summed E-state index contributed by atoms with van der Waals surface area (Å²) in [5.74, 6) is 1.61. The maximum atomic E-state index is 11.8. The lowest BCUT2D eigenvalue weighted by Gasteiger charge is -2.33. The van der Waals surface area contributed by atoms with Crippen LogP contribution in [0.1, 0.15) is 505 Å². The van der Waals surface area contributed by atoms with E-state index in [1.807, 2.05) is 219 Å². The molecule has 2 rings (SSSR count). The fraction of sp³-hybridized carbons (Fsp3) is 0.792. The molecule has 0 aliphatic carbocycles. The molecule has 2 aromatic rings. The summed E-state index contributed by atoms with van der Waals surface area (Å²) in [4.78, 5) is 148. The van der Waals surface area contributed by atoms with E-state index >= 15 is 0 Å². The minimum atomic E-state index is -0.0785. The molecule has 29 heteroatoms. The fourth-order valence-electron chi connectivity index (χ4n) is 11.6. The number of aryl methyl sites for hydroxylation is 6. The first-order chi connectivity index (χ1) is 68.8. The van der Waals surface area contributed by atoms with Crippen LogP contribution in [0.4, 0.5) is 0 Å². The maximum Gasteiger partial charge on any atom is 0.251 e. The average molecular weight is 2120 g/mol. The monoisotopic (exact) mass is 2120 g/mol. The van der Waals surface area contributed by atoms with Crippen molar-refractivity contribution in [3.05, 3.63) is 68.8 Å². The van der Waals surface area contributed by atoms with Gasteiger partial charge in [0.05, 0.1) is 0 Å². The highest BCUT2D eigenvalue weighted by Gasteiger charge is 2.19. The van der Waals surface area contributed by atoms with Gasteiger partial charge in [-0.1, -0.05) is 175 Å². The van der Waals surface area contributed by atoms with Gasteiger partial charge in [0, 0.05) is 175 Å². The van der Waals surface area contributed by atoms with Gasteiger partial charge in [-0.15, -0.1) is 0 Å². The van der Waals surface area contributed by atoms with Gasteiger partial charge >= 0.3 is 0 Å². The van der Waals surface area contributed by atoms with Crippen molar-refractivity contribution in [1.29, 1.82) is 0 Å². The number of hydrogen-bond donors (Lipinski definition) is 13. The van der Waals surface area contributed by atoms with Gasteiger partial charge in [0.25, 0.3) is 11.8 Å². The van der Waals surface area contributed by atoms with E-state index in [0.29, 0.717) is 82.2 Å². The molecule has 0 radical (unpaired) electrons. The average Bonchev–Trinajstić information content (AvgIpc) is 0.839. The van der Waals surface area contributed by atoms with Gasteiger partial charge in [-0.25, -0.2) is 0 Å². The van der Waals surface area contributed by atoms with Crippen LogP contribution in [0.5, 0.6) is 0 Å². The van der Waals surface area contributed by atoms with Gasteiger partial charge < -0.3 is 78.9 Å². The molecule has 0 fully saturated rings. The molecular formula is C120H246N16O13. The van der Waals surface area contributed by atoms with Crippen molar-refractivity contribution >= 4 is 76.8 Å². The molecule has 29 nitrogen and oxygen atoms in total. The number of unbranched alkanes of at least 4 members (excludes halogenated alkanes) is 7. The summed E-state index contributed by atoms with van der Waals surface area (Å²) in [6.45, 7) is 103. The summed E-state index contributed by atoms with van der Waals surface area (Å²) in [6.07, 6.45) is 22.8. The van der Waals surface area contributed by atoms with Gasteiger partial charge in [0.2, 0.25) is 65.0 Å². The maximum absolute atomic E-state index is 11.8. The van der Waals surface area contributed by atoms with Gasteiger partial charge in [0.1, 0.15) is 0 Å². The van der Waals surface area contributed by atoms with Crippen molar-refractivity contribution in [3.8, 4) is 0 Å². The fourth-order valence-corrected chi connectivity index (χ4v) is 11.6. The van der Waals surface area contributed by atoms with Crippen LogP contribution >= 0.6 is 0 Å². The number of rotatable bonds is 40. The molecule has 884 valence electrons. The van der Waals surface area contributed by atoms with Gasteiger partial charge in [0.15, 0.2) is 0 Å². The molecule has 0 saturated carbocycles. The van der Waals surface area contributed by atoms with Crippen molar-refractivity contribution < 1.29 is 62.3 Å². The SMILES string of the molecule is CCC(=O)NC.CCC(=O)NC(C)(C)C.CCC(=O)NC(C)C.CCCC(=O)NC.CCCC(=O)NC(C)(C)C.CCCC(=O)NC(C)C.CCCCC(=O)NC.CCCCC(=O)NC(C)(C)C.CCCCC(=O)NC(C)C.CCCCCC(=O)NC.CCCCCC(=O)NC(C)C.CCN(C)CC.CCN(CC)C(C)(C)C.CCN(CC)C(C)C.CNC(=O)c1cc(C)c(C)cc1C.Cc1cc(C)c(C(=O)NC(C)C)cc1C. The Morgan fingerprint density at radius 1 is 0.248 bits per heavy atom. The van der Waals surface area contributed by atoms with Crippen LogP contribution in [0.2, 0.25) is 0 Å². The summed E-state index contributed by atoms with van der Waals surface area (Å²) in [6, 6.07) is 10.0. The first kappa shape index (κ1) is 171. The van der Waals surface area contributed by atoms with E-state index in [-0.39, 0.29) is 124 Å². The van der Waals surface area contributed by atoms with E-state index < -0.39 is 0 Å². The molecule has 149 heavy (non-hydrogen) atoms. The van der Waals surface area contributed by atoms with Crippen molar-refractivity contribution in [1.82, 2.24) is 83.8 Å². The largest absolute Gasteiger partial charge is 0.359 e. The zero-order valence-corrected chi connectivity index (χ0v) is 107. The zero-order chi connectivity index (χ0) is 120. The van der Waals surface area contributed by atoms with Crippen LogP contribution in [0.3, 0.4) is 0 Å². The summed E-state index contributed by atoms with van der Waals surface area (Å²) >= 11 is 0. The van der Waals surface area contributed by atoms with Crippen LogP contribution < -0.4 is 69.1 Å². The summed E-state index contributed by atoms with van der Waals surface area (Å²) in [7, 11) is 10.4. The molecule has 0 spiro atoms. The highest BCUT2D eigenvalue weighted by Crippen LogP contribution is 2.18. The van der Waals surface area contributed by atoms with E-state index in [0.717, 1.165) is 143 Å². The van der Waals surface area contributed by atoms with Crippen LogP contribution in [-0.2, 0) is 52.7 Å². The lowest BCUT2D eigenvalue weighted by atomic mass is 10.0. The highest BCUT2D eigenvalue weighted by atomic mass is 16.2. The number of nitrogens with one attached hydrogen (secondary N) is 13. The Hall–Kier alpha value is -8.57. The number of hydrogen-bond acceptors (Lipinski definition) is 16. The lowest BCUT2D eigenvalue weighted by Crippen LogP contribution is -2.40. The second-order valence-corrected chi connectivity index (χ2v) is 42.4. The quantitative estimate of drug-likeness (QED) is 0.0276. The predicted octanol–water partition coefficient (Wildman–Crippen LogP) is 23.6. The molecule has 0 atom stereocenters. The molecule has 0 bridgehead atoms. The molecular weight excluding hydrogens is 1870 g/mol. The topological polar surface area (TPSA) is 388 Å². The minimum Gasteiger partial charge on any atom is -0.359 e. The minimum absolute atomic E-state index is 0.0133. The number of carbonyl (C=O) groups excluding carboxylic acids is 13. The molecule has 0 unspecified atom stereocenters. The first-order valence-electron chi connectivity index (χ1n) is 56.6. The summed E-state index contributed by atoms with van der Waals surface area (Å²) in [5, 5.41) is 35.6. The second-order valence-electron chi connectivity index (χ2n) is 42.4. The predicted molar refractivity (Wildman–Crippen MR) is 642 cm³/mol. The third-order valence-corrected chi connectivity index (χ3v) is 20.3. The lowest BCUT2D eigenvalue weighted by molar-refractivity contribution is -0.123. The Morgan fingerprint density at radius 2 is 0.490 bits per heavy atom. The van der Waals surface area contributed by atoms with E-state index in [4.69, 9.17) is 0 Å². The molecule has 13 N–H and O–H groups in total. The third kappa shape index (κ3) is 144. The Labute approximate surface area is 919 Å². The van der Waals surface area contributed by atoms with E-state index in [1.54, 1.807) is 35.2 Å². The molecule has 0 aliphatic heterocycles. The van der Waals surface area contributed by atoms with Crippen LogP contribution in [-0.4, -0.2) is 231 Å². The van der Waals surface area contributed by atoms with Gasteiger partial charge in [-0.2, -0.15) is 0 Å². The molecule has 0 aromatic heterocycles. The number of benzene rings is 2. The number of carbonyl (C=O) groups is 13.